The number of benzene rings is 1. The van der Waals surface area contributed by atoms with Gasteiger partial charge in [0.25, 0.3) is 0 Å². The first kappa shape index (κ1) is 24.3. The fourth-order valence-corrected chi connectivity index (χ4v) is 4.14. The Labute approximate surface area is 192 Å². The highest BCUT2D eigenvalue weighted by molar-refractivity contribution is 5.87. The molecule has 0 saturated carbocycles. The molecule has 0 bridgehead atoms. The summed E-state index contributed by atoms with van der Waals surface area (Å²) in [5, 5.41) is 5.96. The Bertz CT molecular complexity index is 784. The van der Waals surface area contributed by atoms with E-state index in [1.54, 1.807) is 12.4 Å². The number of likely N-dealkylation sites (tertiary alicyclic amines) is 1. The van der Waals surface area contributed by atoms with Crippen molar-refractivity contribution in [3.63, 3.8) is 0 Å². The van der Waals surface area contributed by atoms with E-state index in [-0.39, 0.29) is 12.5 Å². The molecule has 176 valence electrons. The maximum atomic E-state index is 12.4. The largest absolute Gasteiger partial charge is 0.347 e. The second kappa shape index (κ2) is 12.6. The van der Waals surface area contributed by atoms with Crippen LogP contribution in [-0.2, 0) is 22.6 Å². The fraction of sp³-hybridized carbons (Fsp3) is 0.600. The van der Waals surface area contributed by atoms with Gasteiger partial charge in [0, 0.05) is 25.5 Å². The molecule has 0 aromatic heterocycles. The molecule has 0 spiro atoms. The van der Waals surface area contributed by atoms with Gasteiger partial charge in [-0.15, -0.1) is 0 Å². The minimum absolute atomic E-state index is 0.0674. The van der Waals surface area contributed by atoms with Gasteiger partial charge in [0.1, 0.15) is 5.84 Å². The van der Waals surface area contributed by atoms with E-state index >= 15 is 0 Å². The molecule has 7 heteroatoms. The average Bonchev–Trinajstić information content (AvgIpc) is 3.29. The number of amidine groups is 1. The Hall–Kier alpha value is -2.38. The molecule has 1 saturated heterocycles. The third-order valence-electron chi connectivity index (χ3n) is 6.28. The lowest BCUT2D eigenvalue weighted by Crippen LogP contribution is -2.41. The molecule has 2 aliphatic rings. The van der Waals surface area contributed by atoms with Gasteiger partial charge in [-0.05, 0) is 49.9 Å². The summed E-state index contributed by atoms with van der Waals surface area (Å²) in [6.07, 6.45) is 7.56. The van der Waals surface area contributed by atoms with Crippen LogP contribution >= 0.6 is 0 Å². The fourth-order valence-electron chi connectivity index (χ4n) is 4.14. The number of aliphatic imine (C=N–C) groups is 1. The van der Waals surface area contributed by atoms with E-state index < -0.39 is 6.35 Å². The average molecular weight is 442 g/mol. The normalized spacial score (nSPS) is 22.9. The number of rotatable bonds is 9. The van der Waals surface area contributed by atoms with Crippen LogP contribution in [0.15, 0.2) is 41.7 Å². The zero-order valence-corrected chi connectivity index (χ0v) is 19.8. The van der Waals surface area contributed by atoms with Crippen molar-refractivity contribution in [2.75, 3.05) is 26.2 Å². The van der Waals surface area contributed by atoms with Gasteiger partial charge < -0.3 is 20.3 Å². The molecule has 1 atom stereocenters. The van der Waals surface area contributed by atoms with E-state index in [9.17, 15) is 4.79 Å². The van der Waals surface area contributed by atoms with E-state index in [0.29, 0.717) is 19.1 Å². The van der Waals surface area contributed by atoms with Crippen LogP contribution in [0.2, 0.25) is 0 Å². The van der Waals surface area contributed by atoms with Gasteiger partial charge in [-0.25, -0.2) is 4.99 Å². The monoisotopic (exact) mass is 441 g/mol. The summed E-state index contributed by atoms with van der Waals surface area (Å²) < 4.78 is 6.05. The third-order valence-corrected chi connectivity index (χ3v) is 6.28. The second-order valence-corrected chi connectivity index (χ2v) is 8.77. The summed E-state index contributed by atoms with van der Waals surface area (Å²) in [5.41, 5.74) is 2.50. The summed E-state index contributed by atoms with van der Waals surface area (Å²) >= 11 is 0. The van der Waals surface area contributed by atoms with Crippen molar-refractivity contribution in [2.24, 2.45) is 10.9 Å². The molecule has 2 aliphatic heterocycles. The van der Waals surface area contributed by atoms with Crippen LogP contribution in [0.4, 0.5) is 0 Å². The zero-order chi connectivity index (χ0) is 22.8. The second-order valence-electron chi connectivity index (χ2n) is 8.77. The van der Waals surface area contributed by atoms with Crippen LogP contribution in [0.3, 0.4) is 0 Å². The number of hydrogen-bond acceptors (Lipinski definition) is 6. The van der Waals surface area contributed by atoms with Crippen molar-refractivity contribution in [1.82, 2.24) is 20.4 Å². The van der Waals surface area contributed by atoms with Crippen LogP contribution in [0.5, 0.6) is 0 Å². The van der Waals surface area contributed by atoms with Gasteiger partial charge in [-0.1, -0.05) is 51.0 Å². The number of hydrogen-bond donors (Lipinski definition) is 2. The first-order chi connectivity index (χ1) is 15.6. The van der Waals surface area contributed by atoms with Crippen molar-refractivity contribution in [3.8, 4) is 0 Å². The Balaban J connectivity index is 1.71. The molecule has 0 radical (unpaired) electrons. The summed E-state index contributed by atoms with van der Waals surface area (Å²) in [6.45, 7) is 11.2. The smallest absolute Gasteiger partial charge is 0.243 e. The van der Waals surface area contributed by atoms with Crippen molar-refractivity contribution in [2.45, 2.75) is 65.9 Å². The number of ether oxygens (including phenoxy) is 1. The lowest BCUT2D eigenvalue weighted by molar-refractivity contribution is -0.120. The summed E-state index contributed by atoms with van der Waals surface area (Å²) in [5.74, 6) is 1.23. The molecular formula is C25H39N5O2. The van der Waals surface area contributed by atoms with Crippen LogP contribution in [0.25, 0.3) is 0 Å². The first-order valence-electron chi connectivity index (χ1n) is 12.0. The molecule has 32 heavy (non-hydrogen) atoms. The number of nitrogens with one attached hydrogen (secondary N) is 2. The molecule has 2 heterocycles. The lowest BCUT2D eigenvalue weighted by Gasteiger charge is -2.27. The maximum absolute atomic E-state index is 12.4. The highest BCUT2D eigenvalue weighted by Gasteiger charge is 2.17. The number of amides is 1. The van der Waals surface area contributed by atoms with Gasteiger partial charge in [0.05, 0.1) is 13.2 Å². The predicted octanol–water partition coefficient (Wildman–Crippen LogP) is 3.43. The van der Waals surface area contributed by atoms with E-state index in [4.69, 9.17) is 9.73 Å². The van der Waals surface area contributed by atoms with Crippen molar-refractivity contribution < 1.29 is 9.53 Å². The predicted molar refractivity (Wildman–Crippen MR) is 129 cm³/mol. The van der Waals surface area contributed by atoms with Crippen molar-refractivity contribution >= 4 is 11.7 Å². The topological polar surface area (TPSA) is 69.2 Å². The minimum atomic E-state index is -0.481. The van der Waals surface area contributed by atoms with Crippen LogP contribution < -0.4 is 10.6 Å². The summed E-state index contributed by atoms with van der Waals surface area (Å²) in [4.78, 5) is 21.7. The number of carbonyl (C=O) groups is 1. The third kappa shape index (κ3) is 7.64. The maximum Gasteiger partial charge on any atom is 0.243 e. The van der Waals surface area contributed by atoms with Crippen LogP contribution in [-0.4, -0.2) is 54.1 Å². The Morgan fingerprint density at radius 3 is 2.56 bits per heavy atom. The zero-order valence-electron chi connectivity index (χ0n) is 19.8. The van der Waals surface area contributed by atoms with Gasteiger partial charge in [-0.3, -0.25) is 9.69 Å². The van der Waals surface area contributed by atoms with Gasteiger partial charge in [-0.2, -0.15) is 0 Å². The Morgan fingerprint density at radius 2 is 1.84 bits per heavy atom. The molecular weight excluding hydrogens is 402 g/mol. The van der Waals surface area contributed by atoms with Gasteiger partial charge in [0.15, 0.2) is 0 Å². The standard InChI is InChI=1S/C25H39N5O2/c1-4-21(5-2)19-32-25-27-12-11-26-24(31)18-30(20(3)28-25)17-23-10-8-9-22(15-23)16-29-13-6-7-14-29/h8-12,15,21,25,27H,4-7,13-14,16-19H2,1-3H3,(H,26,31)/b12-11+,28-20+. The highest BCUT2D eigenvalue weighted by Crippen LogP contribution is 2.16. The van der Waals surface area contributed by atoms with Crippen molar-refractivity contribution in [3.05, 3.63) is 47.8 Å². The van der Waals surface area contributed by atoms with E-state index in [0.717, 1.165) is 25.2 Å². The van der Waals surface area contributed by atoms with Gasteiger partial charge >= 0.3 is 0 Å². The Kier molecular flexibility index (Phi) is 9.56. The van der Waals surface area contributed by atoms with Crippen LogP contribution in [0, 0.1) is 5.92 Å². The highest BCUT2D eigenvalue weighted by atomic mass is 16.5. The SMILES string of the molecule is CCC(CC)COC1/N=C(\C)N(Cc2cccc(CN3CCCC3)c2)CC(=O)N/C=C/N1. The van der Waals surface area contributed by atoms with E-state index in [1.165, 1.54) is 37.1 Å². The molecule has 1 aromatic rings. The molecule has 2 N–H and O–H groups in total. The van der Waals surface area contributed by atoms with E-state index in [1.807, 2.05) is 11.8 Å². The lowest BCUT2D eigenvalue weighted by atomic mass is 10.1. The molecule has 3 rings (SSSR count). The van der Waals surface area contributed by atoms with E-state index in [2.05, 4.69) is 53.6 Å². The summed E-state index contributed by atoms with van der Waals surface area (Å²) in [6, 6.07) is 8.67. The molecule has 1 amide bonds. The first-order valence-corrected chi connectivity index (χ1v) is 12.0. The molecule has 1 fully saturated rings. The van der Waals surface area contributed by atoms with Crippen LogP contribution in [0.1, 0.15) is 57.6 Å². The minimum Gasteiger partial charge on any atom is -0.347 e. The molecule has 1 unspecified atom stereocenters. The quantitative estimate of drug-likeness (QED) is 0.615. The van der Waals surface area contributed by atoms with Gasteiger partial charge in [0.2, 0.25) is 12.3 Å². The summed E-state index contributed by atoms with van der Waals surface area (Å²) in [7, 11) is 0. The van der Waals surface area contributed by atoms with Crippen molar-refractivity contribution in [1.29, 1.82) is 0 Å². The Morgan fingerprint density at radius 1 is 1.12 bits per heavy atom. The number of carbonyl (C=O) groups excluding carboxylic acids is 1. The molecule has 1 aromatic carbocycles. The number of nitrogens with zero attached hydrogens (tertiary/aromatic N) is 3. The molecule has 0 aliphatic carbocycles. The molecule has 7 nitrogen and oxygen atoms in total.